The van der Waals surface area contributed by atoms with Crippen LogP contribution in [-0.4, -0.2) is 55.5 Å². The summed E-state index contributed by atoms with van der Waals surface area (Å²) in [6.45, 7) is 5.93. The summed E-state index contributed by atoms with van der Waals surface area (Å²) in [7, 11) is 2.19. The quantitative estimate of drug-likeness (QED) is 0.676. The molecule has 2 aromatic carbocycles. The zero-order valence-electron chi connectivity index (χ0n) is 20.2. The SMILES string of the molecule is CN1CCN(Cc2ccc(-c3ccc([C@@H](C#N)CNC(=O)C4CCCC5CC54)cc3)cc2)CC1. The molecule has 0 aromatic heterocycles. The molecule has 5 heteroatoms. The second-order valence-corrected chi connectivity index (χ2v) is 10.5. The van der Waals surface area contributed by atoms with Gasteiger partial charge >= 0.3 is 0 Å². The average molecular weight is 457 g/mol. The molecular weight excluding hydrogens is 420 g/mol. The van der Waals surface area contributed by atoms with Crippen molar-refractivity contribution in [3.63, 3.8) is 0 Å². The van der Waals surface area contributed by atoms with Gasteiger partial charge in [0.2, 0.25) is 5.91 Å². The van der Waals surface area contributed by atoms with Crippen LogP contribution in [0.4, 0.5) is 0 Å². The number of rotatable bonds is 7. The summed E-state index contributed by atoms with van der Waals surface area (Å²) in [5.74, 6) is 1.38. The smallest absolute Gasteiger partial charge is 0.223 e. The molecular formula is C29H36N4O. The Hall–Kier alpha value is -2.68. The molecule has 178 valence electrons. The van der Waals surface area contributed by atoms with E-state index in [2.05, 4.69) is 64.6 Å². The van der Waals surface area contributed by atoms with E-state index in [1.54, 1.807) is 0 Å². The first-order valence-electron chi connectivity index (χ1n) is 12.9. The Morgan fingerprint density at radius 3 is 2.38 bits per heavy atom. The number of nitriles is 1. The third-order valence-electron chi connectivity index (χ3n) is 8.16. The number of likely N-dealkylation sites (N-methyl/N-ethyl adjacent to an activating group) is 1. The van der Waals surface area contributed by atoms with Crippen LogP contribution in [0, 0.1) is 29.1 Å². The number of benzene rings is 2. The summed E-state index contributed by atoms with van der Waals surface area (Å²) in [4.78, 5) is 17.6. The lowest BCUT2D eigenvalue weighted by Crippen LogP contribution is -2.43. The van der Waals surface area contributed by atoms with Crippen LogP contribution in [0.25, 0.3) is 11.1 Å². The molecule has 3 unspecified atom stereocenters. The average Bonchev–Trinajstić information content (AvgIpc) is 3.67. The highest BCUT2D eigenvalue weighted by atomic mass is 16.1. The van der Waals surface area contributed by atoms with Crippen molar-refractivity contribution in [2.45, 2.75) is 38.1 Å². The lowest BCUT2D eigenvalue weighted by molar-refractivity contribution is -0.126. The molecule has 2 aliphatic carbocycles. The van der Waals surface area contributed by atoms with E-state index in [9.17, 15) is 10.1 Å². The number of amides is 1. The minimum absolute atomic E-state index is 0.153. The van der Waals surface area contributed by atoms with Gasteiger partial charge in [0, 0.05) is 45.2 Å². The maximum atomic E-state index is 12.7. The highest BCUT2D eigenvalue weighted by molar-refractivity contribution is 5.79. The summed E-state index contributed by atoms with van der Waals surface area (Å²) in [5.41, 5.74) is 4.65. The van der Waals surface area contributed by atoms with Gasteiger partial charge in [0.05, 0.1) is 12.0 Å². The van der Waals surface area contributed by atoms with Gasteiger partial charge in [-0.3, -0.25) is 9.69 Å². The first-order chi connectivity index (χ1) is 16.6. The Labute approximate surface area is 203 Å². The van der Waals surface area contributed by atoms with Crippen molar-refractivity contribution in [1.29, 1.82) is 5.26 Å². The molecule has 5 rings (SSSR count). The highest BCUT2D eigenvalue weighted by Gasteiger charge is 2.47. The summed E-state index contributed by atoms with van der Waals surface area (Å²) < 4.78 is 0. The van der Waals surface area contributed by atoms with E-state index < -0.39 is 0 Å². The largest absolute Gasteiger partial charge is 0.354 e. The summed E-state index contributed by atoms with van der Waals surface area (Å²) in [6.07, 6.45) is 4.69. The summed E-state index contributed by atoms with van der Waals surface area (Å²) in [5, 5.41) is 12.8. The third kappa shape index (κ3) is 5.35. The molecule has 0 radical (unpaired) electrons. The second kappa shape index (κ2) is 10.3. The Kier molecular flexibility index (Phi) is 6.99. The van der Waals surface area contributed by atoms with E-state index in [4.69, 9.17) is 0 Å². The van der Waals surface area contributed by atoms with Crippen LogP contribution in [0.1, 0.15) is 42.7 Å². The molecule has 5 nitrogen and oxygen atoms in total. The van der Waals surface area contributed by atoms with Crippen molar-refractivity contribution in [1.82, 2.24) is 15.1 Å². The van der Waals surface area contributed by atoms with Gasteiger partial charge in [-0.1, -0.05) is 61.4 Å². The van der Waals surface area contributed by atoms with E-state index in [0.29, 0.717) is 12.5 Å². The van der Waals surface area contributed by atoms with Gasteiger partial charge in [0.25, 0.3) is 0 Å². The topological polar surface area (TPSA) is 59.4 Å². The Bertz CT molecular complexity index is 1020. The van der Waals surface area contributed by atoms with Gasteiger partial charge in [0.1, 0.15) is 0 Å². The van der Waals surface area contributed by atoms with Crippen molar-refractivity contribution in [2.75, 3.05) is 39.8 Å². The van der Waals surface area contributed by atoms with Crippen LogP contribution >= 0.6 is 0 Å². The molecule has 4 atom stereocenters. The van der Waals surface area contributed by atoms with Gasteiger partial charge in [-0.15, -0.1) is 0 Å². The lowest BCUT2D eigenvalue weighted by Gasteiger charge is -2.32. The number of hydrogen-bond donors (Lipinski definition) is 1. The van der Waals surface area contributed by atoms with Crippen molar-refractivity contribution in [3.8, 4) is 17.2 Å². The van der Waals surface area contributed by atoms with E-state index in [-0.39, 0.29) is 17.7 Å². The Morgan fingerprint density at radius 2 is 1.71 bits per heavy atom. The molecule has 1 aliphatic heterocycles. The summed E-state index contributed by atoms with van der Waals surface area (Å²) >= 11 is 0. The van der Waals surface area contributed by atoms with E-state index >= 15 is 0 Å². The molecule has 1 saturated heterocycles. The number of carbonyl (C=O) groups is 1. The molecule has 1 amide bonds. The second-order valence-electron chi connectivity index (χ2n) is 10.5. The molecule has 2 aromatic rings. The van der Waals surface area contributed by atoms with Gasteiger partial charge in [-0.25, -0.2) is 0 Å². The monoisotopic (exact) mass is 456 g/mol. The zero-order chi connectivity index (χ0) is 23.5. The Balaban J connectivity index is 1.15. The van der Waals surface area contributed by atoms with E-state index in [1.807, 2.05) is 12.1 Å². The van der Waals surface area contributed by atoms with E-state index in [1.165, 1.54) is 30.4 Å². The van der Waals surface area contributed by atoms with Gasteiger partial charge in [-0.05, 0) is 54.0 Å². The standard InChI is InChI=1S/C29H36N4O/c1-32-13-15-33(16-14-32)20-21-5-7-22(8-6-21)23-9-11-24(12-10-23)26(18-30)19-31-29(34)27-4-2-3-25-17-28(25)27/h5-12,25-28H,2-4,13-17,19-20H2,1H3,(H,31,34)/t25?,26-,27?,28?/m0/s1. The molecule has 1 heterocycles. The fourth-order valence-corrected chi connectivity index (χ4v) is 5.78. The van der Waals surface area contributed by atoms with Crippen LogP contribution in [0.5, 0.6) is 0 Å². The van der Waals surface area contributed by atoms with Crippen molar-refractivity contribution < 1.29 is 4.79 Å². The molecule has 34 heavy (non-hydrogen) atoms. The molecule has 2 saturated carbocycles. The fraction of sp³-hybridized carbons (Fsp3) is 0.517. The lowest BCUT2D eigenvalue weighted by atomic mass is 9.88. The highest BCUT2D eigenvalue weighted by Crippen LogP contribution is 2.52. The van der Waals surface area contributed by atoms with Crippen molar-refractivity contribution >= 4 is 5.91 Å². The normalized spacial score (nSPS) is 25.7. The number of piperazine rings is 1. The number of nitrogens with zero attached hydrogens (tertiary/aromatic N) is 3. The van der Waals surface area contributed by atoms with Crippen LogP contribution in [-0.2, 0) is 11.3 Å². The number of nitrogens with one attached hydrogen (secondary N) is 1. The molecule has 0 bridgehead atoms. The summed E-state index contributed by atoms with van der Waals surface area (Å²) in [6, 6.07) is 19.5. The van der Waals surface area contributed by atoms with Crippen LogP contribution in [0.15, 0.2) is 48.5 Å². The van der Waals surface area contributed by atoms with Crippen LogP contribution in [0.3, 0.4) is 0 Å². The minimum atomic E-state index is -0.317. The molecule has 3 aliphatic rings. The molecule has 0 spiro atoms. The maximum Gasteiger partial charge on any atom is 0.223 e. The first kappa shape index (κ1) is 23.1. The van der Waals surface area contributed by atoms with Gasteiger partial charge in [0.15, 0.2) is 0 Å². The van der Waals surface area contributed by atoms with E-state index in [0.717, 1.165) is 56.2 Å². The van der Waals surface area contributed by atoms with Crippen molar-refractivity contribution in [2.24, 2.45) is 17.8 Å². The van der Waals surface area contributed by atoms with Crippen molar-refractivity contribution in [3.05, 3.63) is 59.7 Å². The van der Waals surface area contributed by atoms with Crippen LogP contribution in [0.2, 0.25) is 0 Å². The predicted octanol–water partition coefficient (Wildman–Crippen LogP) is 4.26. The first-order valence-corrected chi connectivity index (χ1v) is 12.9. The molecule has 1 N–H and O–H groups in total. The number of hydrogen-bond acceptors (Lipinski definition) is 4. The number of fused-ring (bicyclic) bond motifs is 1. The minimum Gasteiger partial charge on any atom is -0.354 e. The molecule has 3 fully saturated rings. The fourth-order valence-electron chi connectivity index (χ4n) is 5.78. The zero-order valence-corrected chi connectivity index (χ0v) is 20.2. The maximum absolute atomic E-state index is 12.7. The van der Waals surface area contributed by atoms with Crippen LogP contribution < -0.4 is 5.32 Å². The number of carbonyl (C=O) groups excluding carboxylic acids is 1. The third-order valence-corrected chi connectivity index (χ3v) is 8.16. The van der Waals surface area contributed by atoms with Gasteiger partial charge < -0.3 is 10.2 Å². The van der Waals surface area contributed by atoms with Gasteiger partial charge in [-0.2, -0.15) is 5.26 Å². The predicted molar refractivity (Wildman–Crippen MR) is 135 cm³/mol. The Morgan fingerprint density at radius 1 is 1.03 bits per heavy atom.